The highest BCUT2D eigenvalue weighted by Gasteiger charge is 2.24. The number of amides is 1. The van der Waals surface area contributed by atoms with Crippen molar-refractivity contribution in [1.82, 2.24) is 4.98 Å². The minimum Gasteiger partial charge on any atom is -0.486 e. The van der Waals surface area contributed by atoms with Crippen LogP contribution >= 0.6 is 22.7 Å². The summed E-state index contributed by atoms with van der Waals surface area (Å²) in [5.41, 5.74) is 0.789. The van der Waals surface area contributed by atoms with Crippen molar-refractivity contribution < 1.29 is 23.6 Å². The summed E-state index contributed by atoms with van der Waals surface area (Å²) in [4.78, 5) is 28.8. The standard InChI is InChI=1S/C21H13FN4O5S2/c22-13-2-4-15-18(10-13)33-21(24-15)25(23-11-14-3-6-19(32-14)26(28)29)20(27)12-1-5-16-17(9-12)31-8-7-30-16/h1-6,9-11H,7-8H2/b23-11+. The number of thiophene rings is 1. The quantitative estimate of drug-likeness (QED) is 0.228. The zero-order chi connectivity index (χ0) is 22.9. The van der Waals surface area contributed by atoms with Crippen LogP contribution in [-0.4, -0.2) is 35.2 Å². The Morgan fingerprint density at radius 1 is 1.12 bits per heavy atom. The van der Waals surface area contributed by atoms with Crippen molar-refractivity contribution in [3.8, 4) is 11.5 Å². The van der Waals surface area contributed by atoms with Crippen molar-refractivity contribution >= 4 is 55.1 Å². The van der Waals surface area contributed by atoms with Crippen LogP contribution in [0, 0.1) is 15.9 Å². The van der Waals surface area contributed by atoms with E-state index in [1.54, 1.807) is 18.2 Å². The largest absolute Gasteiger partial charge is 0.486 e. The van der Waals surface area contributed by atoms with Gasteiger partial charge in [0.25, 0.3) is 5.91 Å². The van der Waals surface area contributed by atoms with Crippen LogP contribution in [0.3, 0.4) is 0 Å². The number of nitro groups is 1. The highest BCUT2D eigenvalue weighted by atomic mass is 32.1. The molecule has 2 aromatic heterocycles. The average molecular weight is 484 g/mol. The number of fused-ring (bicyclic) bond motifs is 2. The van der Waals surface area contributed by atoms with E-state index >= 15 is 0 Å². The number of nitrogens with zero attached hydrogens (tertiary/aromatic N) is 4. The third-order valence-corrected chi connectivity index (χ3v) is 6.56. The summed E-state index contributed by atoms with van der Waals surface area (Å²) in [7, 11) is 0. The van der Waals surface area contributed by atoms with Gasteiger partial charge in [-0.3, -0.25) is 14.9 Å². The molecule has 1 aliphatic rings. The number of benzene rings is 2. The van der Waals surface area contributed by atoms with Crippen molar-refractivity contribution in [1.29, 1.82) is 0 Å². The second kappa shape index (κ2) is 8.56. The molecular formula is C21H13FN4O5S2. The molecular weight excluding hydrogens is 471 g/mol. The molecule has 0 atom stereocenters. The molecule has 0 unspecified atom stereocenters. The van der Waals surface area contributed by atoms with Crippen LogP contribution in [0.4, 0.5) is 14.5 Å². The Morgan fingerprint density at radius 2 is 1.94 bits per heavy atom. The molecule has 4 aromatic rings. The Kier molecular flexibility index (Phi) is 5.44. The molecule has 33 heavy (non-hydrogen) atoms. The first-order chi connectivity index (χ1) is 16.0. The number of carbonyl (C=O) groups excluding carboxylic acids is 1. The summed E-state index contributed by atoms with van der Waals surface area (Å²) < 4.78 is 25.3. The summed E-state index contributed by atoms with van der Waals surface area (Å²) in [6.45, 7) is 0.791. The van der Waals surface area contributed by atoms with Gasteiger partial charge in [-0.25, -0.2) is 9.37 Å². The summed E-state index contributed by atoms with van der Waals surface area (Å²) in [6, 6.07) is 11.8. The van der Waals surface area contributed by atoms with Crippen LogP contribution in [0.25, 0.3) is 10.2 Å². The lowest BCUT2D eigenvalue weighted by Crippen LogP contribution is -2.26. The normalized spacial score (nSPS) is 12.9. The van der Waals surface area contributed by atoms with Crippen LogP contribution in [0.2, 0.25) is 0 Å². The number of hydrogen-bond acceptors (Lipinski definition) is 9. The number of carbonyl (C=O) groups is 1. The molecule has 2 aromatic carbocycles. The van der Waals surface area contributed by atoms with Crippen molar-refractivity contribution in [2.75, 3.05) is 18.2 Å². The smallest absolute Gasteiger partial charge is 0.324 e. The molecule has 0 saturated carbocycles. The average Bonchev–Trinajstić information content (AvgIpc) is 3.46. The molecule has 0 fully saturated rings. The van der Waals surface area contributed by atoms with Gasteiger partial charge in [-0.05, 0) is 42.5 Å². The zero-order valence-corrected chi connectivity index (χ0v) is 18.3. The molecule has 1 amide bonds. The Bertz CT molecular complexity index is 1420. The molecule has 0 spiro atoms. The van der Waals surface area contributed by atoms with E-state index in [0.29, 0.717) is 39.8 Å². The fourth-order valence-corrected chi connectivity index (χ4v) is 4.72. The second-order valence-electron chi connectivity index (χ2n) is 6.76. The molecule has 1 aliphatic heterocycles. The lowest BCUT2D eigenvalue weighted by atomic mass is 10.2. The van der Waals surface area contributed by atoms with Gasteiger partial charge in [0, 0.05) is 11.6 Å². The molecule has 5 rings (SSSR count). The number of ether oxygens (including phenoxy) is 2. The Balaban J connectivity index is 1.54. The van der Waals surface area contributed by atoms with Gasteiger partial charge in [-0.2, -0.15) is 10.1 Å². The van der Waals surface area contributed by atoms with Crippen molar-refractivity contribution in [2.24, 2.45) is 5.10 Å². The molecule has 166 valence electrons. The van der Waals surface area contributed by atoms with Crippen LogP contribution < -0.4 is 14.5 Å². The number of hydrazone groups is 1. The van der Waals surface area contributed by atoms with Gasteiger partial charge in [0.15, 0.2) is 11.5 Å². The summed E-state index contributed by atoms with van der Waals surface area (Å²) in [5, 5.41) is 16.5. The van der Waals surface area contributed by atoms with E-state index in [2.05, 4.69) is 10.1 Å². The van der Waals surface area contributed by atoms with Crippen molar-refractivity contribution in [3.63, 3.8) is 0 Å². The second-order valence-corrected chi connectivity index (χ2v) is 8.86. The van der Waals surface area contributed by atoms with E-state index in [4.69, 9.17) is 9.47 Å². The van der Waals surface area contributed by atoms with E-state index < -0.39 is 16.6 Å². The highest BCUT2D eigenvalue weighted by Crippen LogP contribution is 2.34. The molecule has 12 heteroatoms. The Labute approximate surface area is 193 Å². The summed E-state index contributed by atoms with van der Waals surface area (Å²) in [5.74, 6) is 0.0520. The maximum Gasteiger partial charge on any atom is 0.324 e. The zero-order valence-electron chi connectivity index (χ0n) is 16.6. The minimum absolute atomic E-state index is 0.0448. The third kappa shape index (κ3) is 4.25. The molecule has 9 nitrogen and oxygen atoms in total. The highest BCUT2D eigenvalue weighted by molar-refractivity contribution is 7.22. The fourth-order valence-electron chi connectivity index (χ4n) is 3.09. The first kappa shape index (κ1) is 21.0. The fraction of sp³-hybridized carbons (Fsp3) is 0.0952. The van der Waals surface area contributed by atoms with Gasteiger partial charge >= 0.3 is 5.00 Å². The molecule has 0 saturated heterocycles. The molecule has 3 heterocycles. The van der Waals surface area contributed by atoms with Gasteiger partial charge in [0.1, 0.15) is 19.0 Å². The molecule has 0 radical (unpaired) electrons. The Hall–Kier alpha value is -3.90. The minimum atomic E-state index is -0.506. The van der Waals surface area contributed by atoms with Crippen molar-refractivity contribution in [2.45, 2.75) is 0 Å². The van der Waals surface area contributed by atoms with E-state index in [0.717, 1.165) is 27.7 Å². The Morgan fingerprint density at radius 3 is 2.73 bits per heavy atom. The number of thiazole rings is 1. The van der Waals surface area contributed by atoms with Gasteiger partial charge < -0.3 is 9.47 Å². The van der Waals surface area contributed by atoms with Gasteiger partial charge in [-0.1, -0.05) is 22.7 Å². The molecule has 0 bridgehead atoms. The van der Waals surface area contributed by atoms with Gasteiger partial charge in [0.05, 0.1) is 26.2 Å². The SMILES string of the molecule is O=C(c1ccc2c(c1)OCCO2)N(/N=C/c1ccc([N+](=O)[O-])s1)c1nc2ccc(F)cc2s1. The van der Waals surface area contributed by atoms with E-state index in [9.17, 15) is 19.3 Å². The monoisotopic (exact) mass is 484 g/mol. The van der Waals surface area contributed by atoms with Crippen molar-refractivity contribution in [3.05, 3.63) is 74.9 Å². The summed E-state index contributed by atoms with van der Waals surface area (Å²) >= 11 is 2.02. The third-order valence-electron chi connectivity index (χ3n) is 4.59. The predicted octanol–water partition coefficient (Wildman–Crippen LogP) is 4.86. The number of rotatable bonds is 5. The maximum absolute atomic E-state index is 13.7. The van der Waals surface area contributed by atoms with Gasteiger partial charge in [-0.15, -0.1) is 0 Å². The van der Waals surface area contributed by atoms with Gasteiger partial charge in [0.2, 0.25) is 5.13 Å². The molecule has 0 aliphatic carbocycles. The maximum atomic E-state index is 13.7. The topological polar surface area (TPSA) is 107 Å². The van der Waals surface area contributed by atoms with Crippen LogP contribution in [-0.2, 0) is 0 Å². The number of hydrogen-bond donors (Lipinski definition) is 0. The first-order valence-electron chi connectivity index (χ1n) is 9.56. The van der Waals surface area contributed by atoms with E-state index in [-0.39, 0.29) is 15.7 Å². The summed E-state index contributed by atoms with van der Waals surface area (Å²) in [6.07, 6.45) is 1.35. The number of anilines is 1. The van der Waals surface area contributed by atoms with Crippen LogP contribution in [0.5, 0.6) is 11.5 Å². The lowest BCUT2D eigenvalue weighted by Gasteiger charge is -2.19. The number of halogens is 1. The first-order valence-corrected chi connectivity index (χ1v) is 11.2. The lowest BCUT2D eigenvalue weighted by molar-refractivity contribution is -0.380. The van der Waals surface area contributed by atoms with E-state index in [1.807, 2.05) is 0 Å². The van der Waals surface area contributed by atoms with Crippen LogP contribution in [0.1, 0.15) is 15.2 Å². The van der Waals surface area contributed by atoms with Crippen LogP contribution in [0.15, 0.2) is 53.6 Å². The number of aromatic nitrogens is 1. The molecule has 0 N–H and O–H groups in total. The predicted molar refractivity (Wildman–Crippen MR) is 122 cm³/mol. The van der Waals surface area contributed by atoms with E-state index in [1.165, 1.54) is 36.5 Å².